The summed E-state index contributed by atoms with van der Waals surface area (Å²) >= 11 is 1.10. The van der Waals surface area contributed by atoms with Gasteiger partial charge in [-0.1, -0.05) is 24.3 Å². The highest BCUT2D eigenvalue weighted by Gasteiger charge is 2.16. The van der Waals surface area contributed by atoms with E-state index in [1.807, 2.05) is 18.2 Å². The number of para-hydroxylation sites is 1. The molecule has 0 aliphatic heterocycles. The van der Waals surface area contributed by atoms with Crippen molar-refractivity contribution in [1.29, 1.82) is 0 Å². The van der Waals surface area contributed by atoms with Gasteiger partial charge >= 0.3 is 0 Å². The van der Waals surface area contributed by atoms with Crippen LogP contribution in [0.5, 0.6) is 5.75 Å². The lowest BCUT2D eigenvalue weighted by Gasteiger charge is -2.10. The Morgan fingerprint density at radius 3 is 2.68 bits per heavy atom. The van der Waals surface area contributed by atoms with Crippen molar-refractivity contribution in [3.05, 3.63) is 47.3 Å². The van der Waals surface area contributed by atoms with E-state index in [0.29, 0.717) is 5.75 Å². The maximum absolute atomic E-state index is 11.9. The van der Waals surface area contributed by atoms with E-state index in [4.69, 9.17) is 4.74 Å². The van der Waals surface area contributed by atoms with Crippen LogP contribution in [0.4, 0.5) is 0 Å². The fraction of sp³-hybridized carbons (Fsp3) is 0.214. The molecule has 0 bridgehead atoms. The van der Waals surface area contributed by atoms with Crippen LogP contribution in [0.1, 0.15) is 5.56 Å². The minimum absolute atomic E-state index is 0.185. The second-order valence-electron chi connectivity index (χ2n) is 4.35. The molecular formula is C14H16N2O4S2. The van der Waals surface area contributed by atoms with Gasteiger partial charge in [0.2, 0.25) is 5.91 Å². The van der Waals surface area contributed by atoms with Crippen LogP contribution in [-0.4, -0.2) is 28.0 Å². The Balaban J connectivity index is 1.86. The van der Waals surface area contributed by atoms with Crippen molar-refractivity contribution in [1.82, 2.24) is 10.0 Å². The quantitative estimate of drug-likeness (QED) is 0.797. The maximum Gasteiger partial charge on any atom is 0.250 e. The Bertz CT molecular complexity index is 727. The molecule has 0 atom stereocenters. The molecule has 0 aliphatic carbocycles. The van der Waals surface area contributed by atoms with Crippen LogP contribution in [0.3, 0.4) is 0 Å². The van der Waals surface area contributed by atoms with E-state index in [9.17, 15) is 13.2 Å². The number of amides is 1. The summed E-state index contributed by atoms with van der Waals surface area (Å²) in [6.45, 7) is -0.0427. The molecule has 0 aliphatic rings. The standard InChI is InChI=1S/C14H16N2O4S2/c1-20-12-6-3-2-5-11(12)9-15-13(17)10-16-22(18,19)14-7-4-8-21-14/h2-8,16H,9-10H2,1H3,(H,15,17). The highest BCUT2D eigenvalue weighted by Crippen LogP contribution is 2.17. The average Bonchev–Trinajstić information content (AvgIpc) is 3.06. The Kier molecular flexibility index (Phi) is 5.53. The molecule has 22 heavy (non-hydrogen) atoms. The smallest absolute Gasteiger partial charge is 0.250 e. The van der Waals surface area contributed by atoms with Gasteiger partial charge in [0.25, 0.3) is 10.0 Å². The third-order valence-electron chi connectivity index (χ3n) is 2.85. The lowest BCUT2D eigenvalue weighted by Crippen LogP contribution is -2.36. The zero-order valence-corrected chi connectivity index (χ0v) is 13.5. The van der Waals surface area contributed by atoms with Gasteiger partial charge in [0.1, 0.15) is 9.96 Å². The van der Waals surface area contributed by atoms with Gasteiger partial charge in [-0.15, -0.1) is 11.3 Å². The highest BCUT2D eigenvalue weighted by atomic mass is 32.2. The van der Waals surface area contributed by atoms with Crippen molar-refractivity contribution >= 4 is 27.3 Å². The molecule has 0 saturated heterocycles. The van der Waals surface area contributed by atoms with Gasteiger partial charge in [0, 0.05) is 12.1 Å². The van der Waals surface area contributed by atoms with Crippen LogP contribution in [0.25, 0.3) is 0 Å². The number of carbonyl (C=O) groups is 1. The van der Waals surface area contributed by atoms with Gasteiger partial charge in [0.05, 0.1) is 13.7 Å². The van der Waals surface area contributed by atoms with Crippen molar-refractivity contribution in [2.24, 2.45) is 0 Å². The van der Waals surface area contributed by atoms with Crippen LogP contribution in [0.15, 0.2) is 46.0 Å². The second-order valence-corrected chi connectivity index (χ2v) is 7.29. The number of hydrogen-bond acceptors (Lipinski definition) is 5. The van der Waals surface area contributed by atoms with Crippen LogP contribution < -0.4 is 14.8 Å². The number of sulfonamides is 1. The number of thiophene rings is 1. The lowest BCUT2D eigenvalue weighted by molar-refractivity contribution is -0.120. The van der Waals surface area contributed by atoms with Crippen molar-refractivity contribution in [2.45, 2.75) is 10.8 Å². The Morgan fingerprint density at radius 1 is 1.23 bits per heavy atom. The Hall–Kier alpha value is -1.90. The van der Waals surface area contributed by atoms with Gasteiger partial charge in [-0.3, -0.25) is 4.79 Å². The number of methoxy groups -OCH3 is 1. The van der Waals surface area contributed by atoms with E-state index in [2.05, 4.69) is 10.0 Å². The van der Waals surface area contributed by atoms with E-state index >= 15 is 0 Å². The largest absolute Gasteiger partial charge is 0.496 e. The zero-order chi connectivity index (χ0) is 16.0. The van der Waals surface area contributed by atoms with Crippen molar-refractivity contribution < 1.29 is 17.9 Å². The summed E-state index contributed by atoms with van der Waals surface area (Å²) in [5, 5.41) is 4.31. The number of hydrogen-bond donors (Lipinski definition) is 2. The zero-order valence-electron chi connectivity index (χ0n) is 11.9. The average molecular weight is 340 g/mol. The van der Waals surface area contributed by atoms with Gasteiger partial charge in [0.15, 0.2) is 0 Å². The number of nitrogens with one attached hydrogen (secondary N) is 2. The molecule has 1 amide bonds. The summed E-state index contributed by atoms with van der Waals surface area (Å²) in [6, 6.07) is 10.4. The van der Waals surface area contributed by atoms with E-state index < -0.39 is 15.9 Å². The second kappa shape index (κ2) is 7.39. The Morgan fingerprint density at radius 2 is 2.00 bits per heavy atom. The number of benzene rings is 1. The number of ether oxygens (including phenoxy) is 1. The molecule has 0 spiro atoms. The molecule has 2 aromatic rings. The van der Waals surface area contributed by atoms with Crippen LogP contribution in [-0.2, 0) is 21.4 Å². The Labute approximate surface area is 133 Å². The molecular weight excluding hydrogens is 324 g/mol. The van der Waals surface area contributed by atoms with Crippen molar-refractivity contribution in [3.63, 3.8) is 0 Å². The molecule has 0 radical (unpaired) electrons. The molecule has 2 N–H and O–H groups in total. The molecule has 1 aromatic heterocycles. The molecule has 8 heteroatoms. The van der Waals surface area contributed by atoms with Crippen LogP contribution >= 0.6 is 11.3 Å². The molecule has 0 unspecified atom stereocenters. The van der Waals surface area contributed by atoms with Crippen molar-refractivity contribution in [3.8, 4) is 5.75 Å². The van der Waals surface area contributed by atoms with Crippen molar-refractivity contribution in [2.75, 3.05) is 13.7 Å². The first-order valence-corrected chi connectivity index (χ1v) is 8.81. The monoisotopic (exact) mass is 340 g/mol. The van der Waals surface area contributed by atoms with E-state index in [-0.39, 0.29) is 17.3 Å². The summed E-state index contributed by atoms with van der Waals surface area (Å²) in [5.41, 5.74) is 0.819. The minimum atomic E-state index is -3.62. The SMILES string of the molecule is COc1ccccc1CNC(=O)CNS(=O)(=O)c1cccs1. The molecule has 0 saturated carbocycles. The number of carbonyl (C=O) groups excluding carboxylic acids is 1. The molecule has 2 rings (SSSR count). The maximum atomic E-state index is 11.9. The third kappa shape index (κ3) is 4.30. The predicted molar refractivity (Wildman–Crippen MR) is 84.3 cm³/mol. The first kappa shape index (κ1) is 16.5. The fourth-order valence-corrected chi connectivity index (χ4v) is 3.77. The van der Waals surface area contributed by atoms with E-state index in [1.54, 1.807) is 24.6 Å². The summed E-state index contributed by atoms with van der Waals surface area (Å²) < 4.78 is 31.4. The molecule has 1 heterocycles. The van der Waals surface area contributed by atoms with Gasteiger partial charge < -0.3 is 10.1 Å². The van der Waals surface area contributed by atoms with Crippen LogP contribution in [0.2, 0.25) is 0 Å². The summed E-state index contributed by atoms with van der Waals surface area (Å²) in [4.78, 5) is 11.8. The third-order valence-corrected chi connectivity index (χ3v) is 5.65. The van der Waals surface area contributed by atoms with E-state index in [0.717, 1.165) is 16.9 Å². The summed E-state index contributed by atoms with van der Waals surface area (Å²) in [5.74, 6) is 0.257. The predicted octanol–water partition coefficient (Wildman–Crippen LogP) is 1.35. The topological polar surface area (TPSA) is 84.5 Å². The highest BCUT2D eigenvalue weighted by molar-refractivity contribution is 7.91. The summed E-state index contributed by atoms with van der Waals surface area (Å²) in [6.07, 6.45) is 0. The summed E-state index contributed by atoms with van der Waals surface area (Å²) in [7, 11) is -2.07. The fourth-order valence-electron chi connectivity index (χ4n) is 1.75. The van der Waals surface area contributed by atoms with Gasteiger partial charge in [-0.05, 0) is 17.5 Å². The van der Waals surface area contributed by atoms with Crippen LogP contribution in [0, 0.1) is 0 Å². The molecule has 118 valence electrons. The molecule has 6 nitrogen and oxygen atoms in total. The van der Waals surface area contributed by atoms with Gasteiger partial charge in [-0.2, -0.15) is 0 Å². The first-order valence-electron chi connectivity index (χ1n) is 6.44. The van der Waals surface area contributed by atoms with Gasteiger partial charge in [-0.25, -0.2) is 13.1 Å². The normalized spacial score (nSPS) is 11.1. The van der Waals surface area contributed by atoms with E-state index in [1.165, 1.54) is 6.07 Å². The molecule has 1 aromatic carbocycles. The lowest BCUT2D eigenvalue weighted by atomic mass is 10.2. The number of rotatable bonds is 7. The minimum Gasteiger partial charge on any atom is -0.496 e. The first-order chi connectivity index (χ1) is 10.5. The molecule has 0 fully saturated rings.